The molecule has 0 fully saturated rings. The van der Waals surface area contributed by atoms with Gasteiger partial charge in [0, 0.05) is 22.1 Å². The molecule has 2 aromatic rings. The first-order chi connectivity index (χ1) is 9.74. The summed E-state index contributed by atoms with van der Waals surface area (Å²) < 4.78 is 1.11. The first-order valence-corrected chi connectivity index (χ1v) is 8.16. The molecule has 104 valence electrons. The van der Waals surface area contributed by atoms with E-state index in [-0.39, 0.29) is 0 Å². The van der Waals surface area contributed by atoms with Gasteiger partial charge in [0.1, 0.15) is 0 Å². The molecule has 1 aliphatic rings. The monoisotopic (exact) mass is 349 g/mol. The van der Waals surface area contributed by atoms with E-state index in [1.54, 1.807) is 0 Å². The Balaban J connectivity index is 1.75. The highest BCUT2D eigenvalue weighted by Gasteiger charge is 2.19. The third kappa shape index (κ3) is 3.08. The topological polar surface area (TPSA) is 12.0 Å². The number of nitrogens with one attached hydrogen (secondary N) is 1. The van der Waals surface area contributed by atoms with Crippen LogP contribution in [0.4, 0.5) is 0 Å². The molecule has 1 N–H and O–H groups in total. The fourth-order valence-corrected chi connectivity index (χ4v) is 3.46. The molecule has 0 amide bonds. The highest BCUT2D eigenvalue weighted by molar-refractivity contribution is 9.10. The van der Waals surface area contributed by atoms with Gasteiger partial charge < -0.3 is 5.32 Å². The summed E-state index contributed by atoms with van der Waals surface area (Å²) in [5, 5.41) is 4.46. The molecule has 2 aromatic carbocycles. The Morgan fingerprint density at radius 1 is 1.20 bits per heavy atom. The molecule has 3 heteroatoms. The number of benzene rings is 2. The average Bonchev–Trinajstić information content (AvgIpc) is 2.48. The smallest absolute Gasteiger partial charge is 0.0410 e. The van der Waals surface area contributed by atoms with Crippen LogP contribution in [0, 0.1) is 0 Å². The predicted molar refractivity (Wildman–Crippen MR) is 88.1 cm³/mol. The minimum Gasteiger partial charge on any atom is -0.306 e. The van der Waals surface area contributed by atoms with Crippen molar-refractivity contribution in [2.24, 2.45) is 0 Å². The van der Waals surface area contributed by atoms with Crippen molar-refractivity contribution in [3.63, 3.8) is 0 Å². The summed E-state index contributed by atoms with van der Waals surface area (Å²) in [7, 11) is 0. The summed E-state index contributed by atoms with van der Waals surface area (Å²) in [6, 6.07) is 15.2. The van der Waals surface area contributed by atoms with E-state index < -0.39 is 0 Å². The molecular formula is C17H17BrClN. The third-order valence-corrected chi connectivity index (χ3v) is 4.92. The lowest BCUT2D eigenvalue weighted by atomic mass is 9.87. The number of rotatable bonds is 3. The Morgan fingerprint density at radius 3 is 2.95 bits per heavy atom. The summed E-state index contributed by atoms with van der Waals surface area (Å²) in [4.78, 5) is 0. The molecule has 1 nitrogen and oxygen atoms in total. The largest absolute Gasteiger partial charge is 0.306 e. The van der Waals surface area contributed by atoms with Crippen molar-refractivity contribution in [1.82, 2.24) is 5.32 Å². The molecule has 0 aromatic heterocycles. The van der Waals surface area contributed by atoms with Crippen molar-refractivity contribution in [2.45, 2.75) is 31.8 Å². The molecule has 0 radical (unpaired) electrons. The van der Waals surface area contributed by atoms with Gasteiger partial charge in [-0.05, 0) is 54.2 Å². The second-order valence-corrected chi connectivity index (χ2v) is 6.55. The van der Waals surface area contributed by atoms with Crippen LogP contribution >= 0.6 is 27.5 Å². The second kappa shape index (κ2) is 6.30. The van der Waals surface area contributed by atoms with Crippen LogP contribution in [-0.4, -0.2) is 0 Å². The van der Waals surface area contributed by atoms with Gasteiger partial charge in [-0.25, -0.2) is 0 Å². The normalized spacial score (nSPS) is 17.8. The van der Waals surface area contributed by atoms with E-state index in [0.29, 0.717) is 6.04 Å². The van der Waals surface area contributed by atoms with Crippen molar-refractivity contribution in [1.29, 1.82) is 0 Å². The molecule has 0 saturated carbocycles. The summed E-state index contributed by atoms with van der Waals surface area (Å²) in [6.45, 7) is 0.833. The summed E-state index contributed by atoms with van der Waals surface area (Å²) in [5.74, 6) is 0. The van der Waals surface area contributed by atoms with Crippen molar-refractivity contribution >= 4 is 27.5 Å². The van der Waals surface area contributed by atoms with E-state index in [1.807, 2.05) is 18.2 Å². The van der Waals surface area contributed by atoms with E-state index in [1.165, 1.54) is 36.0 Å². The molecular weight excluding hydrogens is 334 g/mol. The Kier molecular flexibility index (Phi) is 4.45. The molecule has 1 aliphatic carbocycles. The second-order valence-electron chi connectivity index (χ2n) is 5.26. The lowest BCUT2D eigenvalue weighted by molar-refractivity contribution is 0.459. The Bertz CT molecular complexity index is 612. The van der Waals surface area contributed by atoms with Crippen LogP contribution in [0.1, 0.15) is 35.6 Å². The molecule has 0 spiro atoms. The molecule has 3 rings (SSSR count). The molecule has 1 atom stereocenters. The fourth-order valence-electron chi connectivity index (χ4n) is 2.88. The third-order valence-electron chi connectivity index (χ3n) is 3.92. The van der Waals surface area contributed by atoms with Gasteiger partial charge in [-0.1, -0.05) is 51.8 Å². The van der Waals surface area contributed by atoms with Gasteiger partial charge >= 0.3 is 0 Å². The maximum atomic E-state index is 6.07. The van der Waals surface area contributed by atoms with Crippen LogP contribution in [0.25, 0.3) is 0 Å². The Hall–Kier alpha value is -0.830. The van der Waals surface area contributed by atoms with Gasteiger partial charge in [-0.3, -0.25) is 0 Å². The molecule has 20 heavy (non-hydrogen) atoms. The standard InChI is InChI=1S/C17H17BrClN/c18-16-9-8-14(19)10-13(16)11-20-17-7-3-5-12-4-1-2-6-15(12)17/h1-2,4,6,8-10,17,20H,3,5,7,11H2. The van der Waals surface area contributed by atoms with Gasteiger partial charge in [-0.2, -0.15) is 0 Å². The highest BCUT2D eigenvalue weighted by Crippen LogP contribution is 2.30. The van der Waals surface area contributed by atoms with Gasteiger partial charge in [0.05, 0.1) is 0 Å². The predicted octanol–water partition coefficient (Wildman–Crippen LogP) is 5.27. The molecule has 0 heterocycles. The maximum absolute atomic E-state index is 6.07. The number of hydrogen-bond acceptors (Lipinski definition) is 1. The zero-order valence-electron chi connectivity index (χ0n) is 11.2. The highest BCUT2D eigenvalue weighted by atomic mass is 79.9. The van der Waals surface area contributed by atoms with Crippen LogP contribution in [0.5, 0.6) is 0 Å². The number of hydrogen-bond donors (Lipinski definition) is 1. The van der Waals surface area contributed by atoms with Crippen molar-refractivity contribution in [2.75, 3.05) is 0 Å². The SMILES string of the molecule is Clc1ccc(Br)c(CNC2CCCc3ccccc32)c1. The lowest BCUT2D eigenvalue weighted by Gasteiger charge is -2.26. The van der Waals surface area contributed by atoms with E-state index in [9.17, 15) is 0 Å². The first kappa shape index (κ1) is 14.1. The van der Waals surface area contributed by atoms with Gasteiger partial charge in [0.25, 0.3) is 0 Å². The molecule has 0 saturated heterocycles. The summed E-state index contributed by atoms with van der Waals surface area (Å²) in [5.41, 5.74) is 4.15. The zero-order valence-corrected chi connectivity index (χ0v) is 13.5. The van der Waals surface area contributed by atoms with Crippen LogP contribution in [0.3, 0.4) is 0 Å². The van der Waals surface area contributed by atoms with Crippen molar-refractivity contribution in [3.8, 4) is 0 Å². The first-order valence-electron chi connectivity index (χ1n) is 6.99. The van der Waals surface area contributed by atoms with E-state index in [0.717, 1.165) is 16.0 Å². The number of halogens is 2. The molecule has 0 aliphatic heterocycles. The van der Waals surface area contributed by atoms with Gasteiger partial charge in [-0.15, -0.1) is 0 Å². The minimum atomic E-state index is 0.450. The molecule has 1 unspecified atom stereocenters. The number of fused-ring (bicyclic) bond motifs is 1. The summed E-state index contributed by atoms with van der Waals surface area (Å²) in [6.07, 6.45) is 3.66. The minimum absolute atomic E-state index is 0.450. The van der Waals surface area contributed by atoms with Crippen LogP contribution in [0.15, 0.2) is 46.9 Å². The van der Waals surface area contributed by atoms with E-state index in [2.05, 4.69) is 45.5 Å². The van der Waals surface area contributed by atoms with Gasteiger partial charge in [0.15, 0.2) is 0 Å². The fraction of sp³-hybridized carbons (Fsp3) is 0.294. The van der Waals surface area contributed by atoms with E-state index in [4.69, 9.17) is 11.6 Å². The summed E-state index contributed by atoms with van der Waals surface area (Å²) >= 11 is 9.66. The van der Waals surface area contributed by atoms with E-state index >= 15 is 0 Å². The van der Waals surface area contributed by atoms with Crippen LogP contribution in [-0.2, 0) is 13.0 Å². The van der Waals surface area contributed by atoms with Crippen LogP contribution < -0.4 is 5.32 Å². The van der Waals surface area contributed by atoms with Gasteiger partial charge in [0.2, 0.25) is 0 Å². The molecule has 0 bridgehead atoms. The zero-order chi connectivity index (χ0) is 13.9. The Labute approximate surface area is 133 Å². The number of aryl methyl sites for hydroxylation is 1. The maximum Gasteiger partial charge on any atom is 0.0410 e. The van der Waals surface area contributed by atoms with Crippen molar-refractivity contribution < 1.29 is 0 Å². The lowest BCUT2D eigenvalue weighted by Crippen LogP contribution is -2.24. The van der Waals surface area contributed by atoms with Crippen LogP contribution in [0.2, 0.25) is 5.02 Å². The average molecular weight is 351 g/mol. The van der Waals surface area contributed by atoms with Crippen molar-refractivity contribution in [3.05, 3.63) is 68.7 Å². The quantitative estimate of drug-likeness (QED) is 0.795. The Morgan fingerprint density at radius 2 is 2.05 bits per heavy atom.